The number of hydrogen-bond acceptors (Lipinski definition) is 3. The molecule has 1 aromatic heterocycles. The Morgan fingerprint density at radius 2 is 1.96 bits per heavy atom. The van der Waals surface area contributed by atoms with E-state index in [1.807, 2.05) is 53.1 Å². The summed E-state index contributed by atoms with van der Waals surface area (Å²) in [6.07, 6.45) is 4.37. The summed E-state index contributed by atoms with van der Waals surface area (Å²) >= 11 is 0. The van der Waals surface area contributed by atoms with E-state index in [4.69, 9.17) is 0 Å². The third kappa shape index (κ3) is 3.15. The highest BCUT2D eigenvalue weighted by atomic mass is 16.3. The number of hydrogen-bond donors (Lipinski definition) is 2. The topological polar surface area (TPSA) is 67.2 Å². The minimum Gasteiger partial charge on any atom is -0.393 e. The highest BCUT2D eigenvalue weighted by Gasteiger charge is 2.25. The largest absolute Gasteiger partial charge is 0.393 e. The second-order valence-corrected chi connectivity index (χ2v) is 6.62. The fourth-order valence-corrected chi connectivity index (χ4v) is 3.52. The number of aliphatic hydroxyl groups excluding tert-OH is 1. The van der Waals surface area contributed by atoms with E-state index in [1.54, 1.807) is 6.33 Å². The molecule has 4 rings (SSSR count). The number of fused-ring (bicyclic) bond motifs is 1. The van der Waals surface area contributed by atoms with Crippen molar-refractivity contribution >= 4 is 16.9 Å². The Hall–Kier alpha value is -2.66. The standard InChI is InChI=1S/C20H21N3O2/c24-19-7-3-4-15(19)12-21-20(25)14-8-10-16(11-9-14)23-13-22-17-5-1-2-6-18(17)23/h1-2,5-6,8-11,13,15,19,24H,3-4,7,12H2,(H,21,25). The van der Waals surface area contributed by atoms with Crippen LogP contribution in [0.15, 0.2) is 54.9 Å². The lowest BCUT2D eigenvalue weighted by Gasteiger charge is -2.15. The molecule has 0 spiro atoms. The number of nitrogens with zero attached hydrogens (tertiary/aromatic N) is 2. The van der Waals surface area contributed by atoms with Gasteiger partial charge in [-0.05, 0) is 49.2 Å². The minimum absolute atomic E-state index is 0.0962. The van der Waals surface area contributed by atoms with E-state index >= 15 is 0 Å². The van der Waals surface area contributed by atoms with Gasteiger partial charge in [-0.3, -0.25) is 9.36 Å². The number of carbonyl (C=O) groups is 1. The quantitative estimate of drug-likeness (QED) is 0.770. The summed E-state index contributed by atoms with van der Waals surface area (Å²) in [7, 11) is 0. The first-order chi connectivity index (χ1) is 12.2. The van der Waals surface area contributed by atoms with Crippen LogP contribution in [-0.2, 0) is 0 Å². The van der Waals surface area contributed by atoms with E-state index in [9.17, 15) is 9.90 Å². The zero-order chi connectivity index (χ0) is 17.2. The van der Waals surface area contributed by atoms with Crippen molar-refractivity contribution in [1.29, 1.82) is 0 Å². The van der Waals surface area contributed by atoms with Crippen molar-refractivity contribution in [1.82, 2.24) is 14.9 Å². The maximum Gasteiger partial charge on any atom is 0.251 e. The summed E-state index contributed by atoms with van der Waals surface area (Å²) in [5.41, 5.74) is 3.58. The fourth-order valence-electron chi connectivity index (χ4n) is 3.52. The van der Waals surface area contributed by atoms with Crippen molar-refractivity contribution in [3.63, 3.8) is 0 Å². The van der Waals surface area contributed by atoms with Crippen LogP contribution in [0.3, 0.4) is 0 Å². The van der Waals surface area contributed by atoms with Crippen molar-refractivity contribution in [3.05, 3.63) is 60.4 Å². The van der Waals surface area contributed by atoms with E-state index in [2.05, 4.69) is 10.3 Å². The zero-order valence-corrected chi connectivity index (χ0v) is 13.9. The number of nitrogens with one attached hydrogen (secondary N) is 1. The Balaban J connectivity index is 1.47. The van der Waals surface area contributed by atoms with Gasteiger partial charge in [-0.1, -0.05) is 18.6 Å². The van der Waals surface area contributed by atoms with Crippen molar-refractivity contribution in [2.75, 3.05) is 6.54 Å². The molecular weight excluding hydrogens is 314 g/mol. The van der Waals surface area contributed by atoms with E-state index < -0.39 is 0 Å². The Kier molecular flexibility index (Phi) is 4.24. The van der Waals surface area contributed by atoms with Crippen LogP contribution in [0.25, 0.3) is 16.7 Å². The average Bonchev–Trinajstić information content (AvgIpc) is 3.26. The molecule has 1 fully saturated rings. The Morgan fingerprint density at radius 1 is 1.16 bits per heavy atom. The molecule has 0 saturated heterocycles. The molecule has 2 atom stereocenters. The van der Waals surface area contributed by atoms with Gasteiger partial charge in [0.25, 0.3) is 5.91 Å². The normalized spacial score (nSPS) is 20.0. The number of imidazole rings is 1. The van der Waals surface area contributed by atoms with E-state index in [0.29, 0.717) is 12.1 Å². The molecule has 1 amide bonds. The molecule has 2 unspecified atom stereocenters. The van der Waals surface area contributed by atoms with Gasteiger partial charge in [0, 0.05) is 23.7 Å². The molecule has 1 heterocycles. The van der Waals surface area contributed by atoms with Crippen LogP contribution < -0.4 is 5.32 Å². The lowest BCUT2D eigenvalue weighted by atomic mass is 10.1. The number of benzene rings is 2. The summed E-state index contributed by atoms with van der Waals surface area (Å²) in [5.74, 6) is 0.0849. The van der Waals surface area contributed by atoms with Gasteiger partial charge >= 0.3 is 0 Å². The van der Waals surface area contributed by atoms with Crippen LogP contribution in [-0.4, -0.2) is 33.2 Å². The monoisotopic (exact) mass is 335 g/mol. The molecule has 5 nitrogen and oxygen atoms in total. The fraction of sp³-hybridized carbons (Fsp3) is 0.300. The number of aliphatic hydroxyl groups is 1. The molecule has 1 aliphatic carbocycles. The third-order valence-corrected chi connectivity index (χ3v) is 5.00. The van der Waals surface area contributed by atoms with Crippen molar-refractivity contribution in [2.45, 2.75) is 25.4 Å². The number of rotatable bonds is 4. The summed E-state index contributed by atoms with van der Waals surface area (Å²) in [6, 6.07) is 15.4. The van der Waals surface area contributed by atoms with Gasteiger partial charge in [0.2, 0.25) is 0 Å². The van der Waals surface area contributed by atoms with Gasteiger partial charge in [-0.2, -0.15) is 0 Å². The predicted molar refractivity (Wildman–Crippen MR) is 96.8 cm³/mol. The third-order valence-electron chi connectivity index (χ3n) is 5.00. The van der Waals surface area contributed by atoms with Gasteiger partial charge in [-0.15, -0.1) is 0 Å². The second-order valence-electron chi connectivity index (χ2n) is 6.62. The first kappa shape index (κ1) is 15.8. The highest BCUT2D eigenvalue weighted by molar-refractivity contribution is 5.94. The lowest BCUT2D eigenvalue weighted by molar-refractivity contribution is 0.0917. The van der Waals surface area contributed by atoms with Crippen LogP contribution >= 0.6 is 0 Å². The molecule has 2 aromatic carbocycles. The summed E-state index contributed by atoms with van der Waals surface area (Å²) in [4.78, 5) is 16.7. The molecule has 5 heteroatoms. The van der Waals surface area contributed by atoms with Gasteiger partial charge in [0.05, 0.1) is 17.1 Å². The van der Waals surface area contributed by atoms with Crippen LogP contribution in [0.5, 0.6) is 0 Å². The molecule has 2 N–H and O–H groups in total. The Labute approximate surface area is 146 Å². The smallest absolute Gasteiger partial charge is 0.251 e. The van der Waals surface area contributed by atoms with Gasteiger partial charge in [0.15, 0.2) is 0 Å². The van der Waals surface area contributed by atoms with Crippen molar-refractivity contribution in [2.24, 2.45) is 5.92 Å². The van der Waals surface area contributed by atoms with Crippen LogP contribution in [0.1, 0.15) is 29.6 Å². The van der Waals surface area contributed by atoms with Crippen LogP contribution in [0, 0.1) is 5.92 Å². The number of carbonyl (C=O) groups excluding carboxylic acids is 1. The number of aromatic nitrogens is 2. The summed E-state index contributed by atoms with van der Waals surface area (Å²) < 4.78 is 2.01. The predicted octanol–water partition coefficient (Wildman–Crippen LogP) is 2.92. The maximum atomic E-state index is 12.3. The summed E-state index contributed by atoms with van der Waals surface area (Å²) in [5, 5.41) is 12.8. The molecule has 0 bridgehead atoms. The van der Waals surface area contributed by atoms with Crippen molar-refractivity contribution in [3.8, 4) is 5.69 Å². The maximum absolute atomic E-state index is 12.3. The molecule has 0 radical (unpaired) electrons. The van der Waals surface area contributed by atoms with E-state index in [-0.39, 0.29) is 17.9 Å². The van der Waals surface area contributed by atoms with E-state index in [0.717, 1.165) is 36.0 Å². The average molecular weight is 335 g/mol. The minimum atomic E-state index is -0.280. The van der Waals surface area contributed by atoms with Gasteiger partial charge in [-0.25, -0.2) is 4.98 Å². The molecule has 25 heavy (non-hydrogen) atoms. The zero-order valence-electron chi connectivity index (χ0n) is 13.9. The SMILES string of the molecule is O=C(NCC1CCCC1O)c1ccc(-n2cnc3ccccc32)cc1. The van der Waals surface area contributed by atoms with Gasteiger partial charge in [0.1, 0.15) is 6.33 Å². The van der Waals surface area contributed by atoms with Gasteiger partial charge < -0.3 is 10.4 Å². The number of para-hydroxylation sites is 2. The van der Waals surface area contributed by atoms with Crippen LogP contribution in [0.4, 0.5) is 0 Å². The molecule has 128 valence electrons. The lowest BCUT2D eigenvalue weighted by Crippen LogP contribution is -2.32. The van der Waals surface area contributed by atoms with E-state index in [1.165, 1.54) is 0 Å². The highest BCUT2D eigenvalue weighted by Crippen LogP contribution is 2.24. The Bertz CT molecular complexity index is 885. The van der Waals surface area contributed by atoms with Crippen LogP contribution in [0.2, 0.25) is 0 Å². The second kappa shape index (κ2) is 6.69. The Morgan fingerprint density at radius 3 is 2.72 bits per heavy atom. The van der Waals surface area contributed by atoms with Crippen molar-refractivity contribution < 1.29 is 9.90 Å². The molecule has 0 aliphatic heterocycles. The summed E-state index contributed by atoms with van der Waals surface area (Å²) in [6.45, 7) is 0.536. The molecule has 1 saturated carbocycles. The molecule has 3 aromatic rings. The first-order valence-corrected chi connectivity index (χ1v) is 8.71. The number of amides is 1. The first-order valence-electron chi connectivity index (χ1n) is 8.71. The molecular formula is C20H21N3O2. The molecule has 1 aliphatic rings.